The molecule has 2 heterocycles. The Labute approximate surface area is 176 Å². The van der Waals surface area contributed by atoms with Crippen molar-refractivity contribution >= 4 is 27.5 Å². The van der Waals surface area contributed by atoms with Crippen molar-refractivity contribution in [2.24, 2.45) is 7.05 Å². The van der Waals surface area contributed by atoms with Gasteiger partial charge in [0.1, 0.15) is 5.82 Å². The summed E-state index contributed by atoms with van der Waals surface area (Å²) in [5.41, 5.74) is 3.85. The van der Waals surface area contributed by atoms with E-state index in [9.17, 15) is 9.18 Å². The monoisotopic (exact) mass is 463 g/mol. The summed E-state index contributed by atoms with van der Waals surface area (Å²) in [5.74, 6) is -0.336. The van der Waals surface area contributed by atoms with Crippen LogP contribution in [0.5, 0.6) is 0 Å². The van der Waals surface area contributed by atoms with Gasteiger partial charge in [0.25, 0.3) is 5.56 Å². The van der Waals surface area contributed by atoms with Gasteiger partial charge in [0.05, 0.1) is 12.1 Å². The highest BCUT2D eigenvalue weighted by Gasteiger charge is 2.25. The first-order chi connectivity index (χ1) is 13.4. The summed E-state index contributed by atoms with van der Waals surface area (Å²) >= 11 is 9.40. The smallest absolute Gasteiger partial charge is 0.271 e. The Bertz CT molecular complexity index is 1050. The van der Waals surface area contributed by atoms with E-state index in [0.717, 1.165) is 39.8 Å². The van der Waals surface area contributed by atoms with Crippen LogP contribution in [0.25, 0.3) is 0 Å². The van der Waals surface area contributed by atoms with Gasteiger partial charge in [0, 0.05) is 48.3 Å². The highest BCUT2D eigenvalue weighted by molar-refractivity contribution is 9.10. The second kappa shape index (κ2) is 7.85. The lowest BCUT2D eigenvalue weighted by atomic mass is 10.1. The summed E-state index contributed by atoms with van der Waals surface area (Å²) in [6, 6.07) is 12.6. The molecule has 0 radical (unpaired) electrons. The normalized spacial score (nSPS) is 14.3. The molecule has 0 unspecified atom stereocenters. The summed E-state index contributed by atoms with van der Waals surface area (Å²) in [6.45, 7) is 2.48. The summed E-state index contributed by atoms with van der Waals surface area (Å²) in [6.07, 6.45) is 0.789. The molecule has 2 aromatic carbocycles. The Morgan fingerprint density at radius 2 is 1.86 bits per heavy atom. The number of rotatable bonds is 4. The molecule has 146 valence electrons. The van der Waals surface area contributed by atoms with Crippen molar-refractivity contribution in [2.45, 2.75) is 26.1 Å². The molecular formula is C21H20BrClFN3O. The van der Waals surface area contributed by atoms with Crippen LogP contribution in [0.3, 0.4) is 0 Å². The fraction of sp³-hybridized carbons (Fsp3) is 0.286. The maximum Gasteiger partial charge on any atom is 0.271 e. The van der Waals surface area contributed by atoms with Gasteiger partial charge in [0.2, 0.25) is 0 Å². The number of nitrogens with zero attached hydrogens (tertiary/aromatic N) is 3. The molecule has 0 spiro atoms. The largest absolute Gasteiger partial charge is 0.294 e. The van der Waals surface area contributed by atoms with Gasteiger partial charge in [-0.05, 0) is 41.5 Å². The van der Waals surface area contributed by atoms with E-state index in [0.29, 0.717) is 24.7 Å². The average molecular weight is 465 g/mol. The third-order valence-electron chi connectivity index (χ3n) is 5.21. The van der Waals surface area contributed by atoms with Gasteiger partial charge in [-0.3, -0.25) is 14.4 Å². The maximum absolute atomic E-state index is 13.6. The zero-order valence-electron chi connectivity index (χ0n) is 15.5. The molecule has 0 saturated heterocycles. The van der Waals surface area contributed by atoms with Crippen molar-refractivity contribution in [1.29, 1.82) is 0 Å². The first-order valence-electron chi connectivity index (χ1n) is 9.10. The molecule has 4 rings (SSSR count). The fourth-order valence-corrected chi connectivity index (χ4v) is 4.34. The van der Waals surface area contributed by atoms with Gasteiger partial charge in [-0.25, -0.2) is 9.07 Å². The van der Waals surface area contributed by atoms with Crippen LogP contribution >= 0.6 is 27.5 Å². The zero-order valence-corrected chi connectivity index (χ0v) is 17.8. The zero-order chi connectivity index (χ0) is 19.8. The molecule has 0 fully saturated rings. The van der Waals surface area contributed by atoms with E-state index in [4.69, 9.17) is 11.6 Å². The average Bonchev–Trinajstić information content (AvgIpc) is 2.87. The van der Waals surface area contributed by atoms with Crippen LogP contribution in [0.1, 0.15) is 22.4 Å². The Balaban J connectivity index is 1.57. The standard InChI is InChI=1S/C21H20BrClFN3O/c1-25-20-6-7-26(11-15-8-17(23)10-18(24)9-15)13-19(20)21(28)27(25)12-14-2-4-16(22)5-3-14/h2-5,8-10H,6-7,11-13H2,1H3. The molecule has 1 aromatic heterocycles. The summed E-state index contributed by atoms with van der Waals surface area (Å²) in [7, 11) is 1.95. The minimum absolute atomic E-state index is 0.0439. The molecule has 0 amide bonds. The van der Waals surface area contributed by atoms with Crippen LogP contribution in [-0.4, -0.2) is 20.8 Å². The molecule has 7 heteroatoms. The molecule has 0 atom stereocenters. The minimum Gasteiger partial charge on any atom is -0.294 e. The molecule has 0 bridgehead atoms. The lowest BCUT2D eigenvalue weighted by molar-refractivity contribution is 0.242. The highest BCUT2D eigenvalue weighted by Crippen LogP contribution is 2.21. The number of halogens is 3. The number of aromatic nitrogens is 2. The number of benzene rings is 2. The molecular weight excluding hydrogens is 445 g/mol. The van der Waals surface area contributed by atoms with Gasteiger partial charge in [0.15, 0.2) is 0 Å². The van der Waals surface area contributed by atoms with E-state index in [1.807, 2.05) is 36.0 Å². The Morgan fingerprint density at radius 3 is 2.57 bits per heavy atom. The molecule has 3 aromatic rings. The quantitative estimate of drug-likeness (QED) is 0.575. The Kier molecular flexibility index (Phi) is 5.45. The predicted octanol–water partition coefficient (Wildman–Crippen LogP) is 4.35. The number of hydrogen-bond donors (Lipinski definition) is 0. The van der Waals surface area contributed by atoms with Crippen molar-refractivity contribution in [3.05, 3.63) is 90.5 Å². The topological polar surface area (TPSA) is 30.2 Å². The Hall–Kier alpha value is -1.89. The van der Waals surface area contributed by atoms with E-state index in [1.54, 1.807) is 10.7 Å². The molecule has 0 aliphatic carbocycles. The van der Waals surface area contributed by atoms with E-state index in [1.165, 1.54) is 12.1 Å². The van der Waals surface area contributed by atoms with Crippen molar-refractivity contribution in [3.8, 4) is 0 Å². The minimum atomic E-state index is -0.336. The van der Waals surface area contributed by atoms with Gasteiger partial charge in [-0.2, -0.15) is 0 Å². The molecule has 0 saturated carbocycles. The fourth-order valence-electron chi connectivity index (χ4n) is 3.83. The van der Waals surface area contributed by atoms with Crippen LogP contribution in [0.4, 0.5) is 4.39 Å². The van der Waals surface area contributed by atoms with Crippen LogP contribution in [-0.2, 0) is 33.1 Å². The van der Waals surface area contributed by atoms with Crippen LogP contribution in [0, 0.1) is 5.82 Å². The van der Waals surface area contributed by atoms with E-state index >= 15 is 0 Å². The van der Waals surface area contributed by atoms with Crippen LogP contribution < -0.4 is 5.56 Å². The predicted molar refractivity (Wildman–Crippen MR) is 112 cm³/mol. The lowest BCUT2D eigenvalue weighted by Crippen LogP contribution is -2.32. The van der Waals surface area contributed by atoms with Crippen molar-refractivity contribution in [2.75, 3.05) is 6.54 Å². The van der Waals surface area contributed by atoms with Crippen LogP contribution in [0.15, 0.2) is 51.7 Å². The number of fused-ring (bicyclic) bond motifs is 1. The van der Waals surface area contributed by atoms with Crippen molar-refractivity contribution < 1.29 is 4.39 Å². The second-order valence-electron chi connectivity index (χ2n) is 7.18. The van der Waals surface area contributed by atoms with Crippen molar-refractivity contribution in [1.82, 2.24) is 14.3 Å². The van der Waals surface area contributed by atoms with Crippen molar-refractivity contribution in [3.63, 3.8) is 0 Å². The third kappa shape index (κ3) is 3.95. The van der Waals surface area contributed by atoms with E-state index in [2.05, 4.69) is 20.8 Å². The molecule has 0 N–H and O–H groups in total. The molecule has 1 aliphatic rings. The summed E-state index contributed by atoms with van der Waals surface area (Å²) in [5, 5.41) is 0.393. The van der Waals surface area contributed by atoms with Gasteiger partial charge in [-0.15, -0.1) is 0 Å². The molecule has 28 heavy (non-hydrogen) atoms. The highest BCUT2D eigenvalue weighted by atomic mass is 79.9. The third-order valence-corrected chi connectivity index (χ3v) is 5.96. The Morgan fingerprint density at radius 1 is 1.11 bits per heavy atom. The first-order valence-corrected chi connectivity index (χ1v) is 10.3. The second-order valence-corrected chi connectivity index (χ2v) is 8.53. The van der Waals surface area contributed by atoms with Crippen LogP contribution in [0.2, 0.25) is 5.02 Å². The van der Waals surface area contributed by atoms with Gasteiger partial charge in [-0.1, -0.05) is 39.7 Å². The van der Waals surface area contributed by atoms with Gasteiger partial charge < -0.3 is 0 Å². The van der Waals surface area contributed by atoms with Gasteiger partial charge >= 0.3 is 0 Å². The maximum atomic E-state index is 13.6. The first kappa shape index (κ1) is 19.4. The number of hydrogen-bond acceptors (Lipinski definition) is 2. The summed E-state index contributed by atoms with van der Waals surface area (Å²) in [4.78, 5) is 15.2. The van der Waals surface area contributed by atoms with E-state index < -0.39 is 0 Å². The molecule has 4 nitrogen and oxygen atoms in total. The summed E-state index contributed by atoms with van der Waals surface area (Å²) < 4.78 is 18.4. The lowest BCUT2D eigenvalue weighted by Gasteiger charge is -2.26. The molecule has 1 aliphatic heterocycles. The van der Waals surface area contributed by atoms with E-state index in [-0.39, 0.29) is 11.4 Å². The SMILES string of the molecule is Cn1c2c(c(=O)n1Cc1ccc(Br)cc1)CN(Cc1cc(F)cc(Cl)c1)CC2.